The van der Waals surface area contributed by atoms with Crippen LogP contribution in [0.15, 0.2) is 24.3 Å². The topological polar surface area (TPSA) is 59.6 Å². The molecular formula is C15H24N2O3. The third-order valence-corrected chi connectivity index (χ3v) is 3.09. The molecule has 1 amide bonds. The summed E-state index contributed by atoms with van der Waals surface area (Å²) < 4.78 is 10.1. The number of hydrogen-bond acceptors (Lipinski definition) is 4. The molecule has 20 heavy (non-hydrogen) atoms. The zero-order valence-corrected chi connectivity index (χ0v) is 12.6. The van der Waals surface area contributed by atoms with Crippen molar-refractivity contribution < 1.29 is 14.3 Å². The molecule has 0 saturated heterocycles. The summed E-state index contributed by atoms with van der Waals surface area (Å²) in [6.45, 7) is 4.91. The van der Waals surface area contributed by atoms with Gasteiger partial charge in [-0.05, 0) is 31.5 Å². The van der Waals surface area contributed by atoms with Gasteiger partial charge in [-0.1, -0.05) is 12.1 Å². The number of rotatable bonds is 8. The Hall–Kier alpha value is -1.59. The Labute approximate surface area is 120 Å². The first-order valence-corrected chi connectivity index (χ1v) is 6.75. The van der Waals surface area contributed by atoms with Crippen LogP contribution in [0.1, 0.15) is 25.5 Å². The monoisotopic (exact) mass is 280 g/mol. The van der Waals surface area contributed by atoms with Crippen molar-refractivity contribution in [3.05, 3.63) is 29.8 Å². The molecule has 2 unspecified atom stereocenters. The molecule has 0 aliphatic rings. The Kier molecular flexibility index (Phi) is 7.04. The molecule has 0 spiro atoms. The minimum Gasteiger partial charge on any atom is -0.497 e. The number of hydrogen-bond donors (Lipinski definition) is 2. The van der Waals surface area contributed by atoms with E-state index in [1.807, 2.05) is 38.1 Å². The maximum absolute atomic E-state index is 11.9. The predicted octanol–water partition coefficient (Wildman–Crippen LogP) is 1.50. The maximum Gasteiger partial charge on any atom is 0.236 e. The fraction of sp³-hybridized carbons (Fsp3) is 0.533. The Morgan fingerprint density at radius 2 is 2.05 bits per heavy atom. The van der Waals surface area contributed by atoms with E-state index in [0.29, 0.717) is 13.2 Å². The molecule has 5 nitrogen and oxygen atoms in total. The van der Waals surface area contributed by atoms with Crippen LogP contribution in [0, 0.1) is 0 Å². The second-order valence-electron chi connectivity index (χ2n) is 4.67. The van der Waals surface area contributed by atoms with Gasteiger partial charge in [0.15, 0.2) is 0 Å². The summed E-state index contributed by atoms with van der Waals surface area (Å²) in [5, 5.41) is 6.08. The lowest BCUT2D eigenvalue weighted by Crippen LogP contribution is -2.44. The highest BCUT2D eigenvalue weighted by Gasteiger charge is 2.16. The summed E-state index contributed by atoms with van der Waals surface area (Å²) in [6.07, 6.45) is 0. The highest BCUT2D eigenvalue weighted by Crippen LogP contribution is 2.19. The molecule has 2 atom stereocenters. The number of methoxy groups -OCH3 is 2. The number of amides is 1. The van der Waals surface area contributed by atoms with Crippen LogP contribution in [-0.4, -0.2) is 39.3 Å². The van der Waals surface area contributed by atoms with Crippen molar-refractivity contribution in [3.63, 3.8) is 0 Å². The largest absolute Gasteiger partial charge is 0.497 e. The molecule has 2 N–H and O–H groups in total. The summed E-state index contributed by atoms with van der Waals surface area (Å²) in [5.41, 5.74) is 1.08. The second-order valence-corrected chi connectivity index (χ2v) is 4.67. The number of benzene rings is 1. The van der Waals surface area contributed by atoms with E-state index in [0.717, 1.165) is 11.3 Å². The van der Waals surface area contributed by atoms with Gasteiger partial charge in [0.05, 0.1) is 19.8 Å². The SMILES string of the molecule is COCCNC(=O)C(C)NC(C)c1cccc(OC)c1. The van der Waals surface area contributed by atoms with Gasteiger partial charge in [0.25, 0.3) is 0 Å². The van der Waals surface area contributed by atoms with Crippen LogP contribution in [-0.2, 0) is 9.53 Å². The average Bonchev–Trinajstić information content (AvgIpc) is 2.47. The van der Waals surface area contributed by atoms with E-state index < -0.39 is 0 Å². The number of ether oxygens (including phenoxy) is 2. The lowest BCUT2D eigenvalue weighted by Gasteiger charge is -2.20. The molecule has 1 aromatic rings. The van der Waals surface area contributed by atoms with Crippen LogP contribution in [0.3, 0.4) is 0 Å². The van der Waals surface area contributed by atoms with E-state index in [1.165, 1.54) is 0 Å². The molecule has 0 aromatic heterocycles. The number of carbonyl (C=O) groups excluding carboxylic acids is 1. The average molecular weight is 280 g/mol. The van der Waals surface area contributed by atoms with Crippen LogP contribution in [0.5, 0.6) is 5.75 Å². The maximum atomic E-state index is 11.9. The van der Waals surface area contributed by atoms with E-state index in [9.17, 15) is 4.79 Å². The normalized spacial score (nSPS) is 13.6. The minimum atomic E-state index is -0.270. The Bertz CT molecular complexity index is 423. The first-order chi connectivity index (χ1) is 9.58. The molecule has 0 bridgehead atoms. The van der Waals surface area contributed by atoms with E-state index in [4.69, 9.17) is 9.47 Å². The highest BCUT2D eigenvalue weighted by molar-refractivity contribution is 5.81. The minimum absolute atomic E-state index is 0.0307. The van der Waals surface area contributed by atoms with E-state index in [1.54, 1.807) is 14.2 Å². The Morgan fingerprint density at radius 3 is 2.70 bits per heavy atom. The van der Waals surface area contributed by atoms with Crippen molar-refractivity contribution in [2.75, 3.05) is 27.4 Å². The summed E-state index contributed by atoms with van der Waals surface area (Å²) in [5.74, 6) is 0.783. The van der Waals surface area contributed by atoms with Crippen molar-refractivity contribution in [1.82, 2.24) is 10.6 Å². The van der Waals surface area contributed by atoms with Gasteiger partial charge in [-0.3, -0.25) is 10.1 Å². The molecule has 0 saturated carbocycles. The van der Waals surface area contributed by atoms with E-state index >= 15 is 0 Å². The zero-order chi connectivity index (χ0) is 15.0. The van der Waals surface area contributed by atoms with Gasteiger partial charge in [0.1, 0.15) is 5.75 Å². The van der Waals surface area contributed by atoms with Crippen LogP contribution in [0.2, 0.25) is 0 Å². The van der Waals surface area contributed by atoms with Gasteiger partial charge < -0.3 is 14.8 Å². The van der Waals surface area contributed by atoms with E-state index in [-0.39, 0.29) is 18.0 Å². The summed E-state index contributed by atoms with van der Waals surface area (Å²) in [6, 6.07) is 7.61. The molecule has 112 valence electrons. The second kappa shape index (κ2) is 8.55. The van der Waals surface area contributed by atoms with Crippen molar-refractivity contribution >= 4 is 5.91 Å². The highest BCUT2D eigenvalue weighted by atomic mass is 16.5. The molecule has 1 rings (SSSR count). The zero-order valence-electron chi connectivity index (χ0n) is 12.6. The molecule has 0 heterocycles. The smallest absolute Gasteiger partial charge is 0.236 e. The predicted molar refractivity (Wildman–Crippen MR) is 78.9 cm³/mol. The summed E-state index contributed by atoms with van der Waals surface area (Å²) in [4.78, 5) is 11.9. The first kappa shape index (κ1) is 16.5. The molecular weight excluding hydrogens is 256 g/mol. The fourth-order valence-corrected chi connectivity index (χ4v) is 1.89. The third kappa shape index (κ3) is 5.19. The molecule has 0 aliphatic heterocycles. The van der Waals surface area contributed by atoms with Crippen LogP contribution < -0.4 is 15.4 Å². The summed E-state index contributed by atoms with van der Waals surface area (Å²) in [7, 11) is 3.25. The molecule has 5 heteroatoms. The van der Waals surface area contributed by atoms with Gasteiger partial charge in [-0.2, -0.15) is 0 Å². The molecule has 1 aromatic carbocycles. The van der Waals surface area contributed by atoms with Crippen molar-refractivity contribution in [2.45, 2.75) is 25.9 Å². The van der Waals surface area contributed by atoms with Gasteiger partial charge in [-0.15, -0.1) is 0 Å². The van der Waals surface area contributed by atoms with Crippen molar-refractivity contribution in [1.29, 1.82) is 0 Å². The van der Waals surface area contributed by atoms with Gasteiger partial charge in [-0.25, -0.2) is 0 Å². The van der Waals surface area contributed by atoms with Crippen molar-refractivity contribution in [2.24, 2.45) is 0 Å². The van der Waals surface area contributed by atoms with Gasteiger partial charge in [0, 0.05) is 19.7 Å². The molecule has 0 radical (unpaired) electrons. The summed E-state index contributed by atoms with van der Waals surface area (Å²) >= 11 is 0. The van der Waals surface area contributed by atoms with Crippen LogP contribution in [0.25, 0.3) is 0 Å². The number of carbonyl (C=O) groups is 1. The Balaban J connectivity index is 2.51. The van der Waals surface area contributed by atoms with Gasteiger partial charge in [0.2, 0.25) is 5.91 Å². The lowest BCUT2D eigenvalue weighted by molar-refractivity contribution is -0.123. The lowest BCUT2D eigenvalue weighted by atomic mass is 10.1. The molecule has 0 aliphatic carbocycles. The molecule has 0 fully saturated rings. The van der Waals surface area contributed by atoms with Crippen molar-refractivity contribution in [3.8, 4) is 5.75 Å². The fourth-order valence-electron chi connectivity index (χ4n) is 1.89. The number of nitrogens with one attached hydrogen (secondary N) is 2. The quantitative estimate of drug-likeness (QED) is 0.708. The van der Waals surface area contributed by atoms with Crippen LogP contribution in [0.4, 0.5) is 0 Å². The Morgan fingerprint density at radius 1 is 1.30 bits per heavy atom. The van der Waals surface area contributed by atoms with Gasteiger partial charge >= 0.3 is 0 Å². The standard InChI is InChI=1S/C15H24N2O3/c1-11(13-6-5-7-14(10-13)20-4)17-12(2)15(18)16-8-9-19-3/h5-7,10-12,17H,8-9H2,1-4H3,(H,16,18). The van der Waals surface area contributed by atoms with E-state index in [2.05, 4.69) is 10.6 Å². The van der Waals surface area contributed by atoms with Crippen LogP contribution >= 0.6 is 0 Å². The first-order valence-electron chi connectivity index (χ1n) is 6.75. The third-order valence-electron chi connectivity index (χ3n) is 3.09.